The number of halogens is 2. The van der Waals surface area contributed by atoms with Crippen molar-refractivity contribution >= 4 is 39.7 Å². The molecule has 5 rings (SSSR count). The molecule has 0 radical (unpaired) electrons. The average molecular weight is 663 g/mol. The molecule has 1 heterocycles. The van der Waals surface area contributed by atoms with Crippen molar-refractivity contribution < 1.29 is 29.8 Å². The monoisotopic (exact) mass is 662 g/mol. The molecule has 0 N–H and O–H groups in total. The smallest absolute Gasteiger partial charge is 0.243 e. The van der Waals surface area contributed by atoms with Crippen molar-refractivity contribution in [3.63, 3.8) is 0 Å². The molecule has 1 saturated heterocycles. The number of sulfonamides is 2. The summed E-state index contributed by atoms with van der Waals surface area (Å²) in [5.41, 5.74) is 1.21. The molecule has 4 aromatic carbocycles. The first kappa shape index (κ1) is 31.4. The first-order valence-electron chi connectivity index (χ1n) is 13.2. The van der Waals surface area contributed by atoms with Crippen molar-refractivity contribution in [2.45, 2.75) is 35.0 Å². The van der Waals surface area contributed by atoms with E-state index < -0.39 is 52.3 Å². The Balaban J connectivity index is 1.67. The molecule has 0 aromatic heterocycles. The van der Waals surface area contributed by atoms with Gasteiger partial charge in [-0.2, -0.15) is 8.61 Å². The molecule has 0 amide bonds. The van der Waals surface area contributed by atoms with Gasteiger partial charge in [-0.05, 0) is 70.8 Å². The molecule has 1 fully saturated rings. The van der Waals surface area contributed by atoms with Crippen LogP contribution in [0, 0.1) is 11.6 Å². The summed E-state index contributed by atoms with van der Waals surface area (Å²) in [4.78, 5) is -0.412. The van der Waals surface area contributed by atoms with E-state index >= 15 is 0 Å². The highest BCUT2D eigenvalue weighted by atomic mass is 32.8. The van der Waals surface area contributed by atoms with Gasteiger partial charge in [-0.25, -0.2) is 25.6 Å². The molecule has 1 aliphatic rings. The number of nitrogens with zero attached hydrogens (tertiary/aromatic N) is 2. The normalized spacial score (nSPS) is 20.9. The van der Waals surface area contributed by atoms with Crippen LogP contribution in [0.5, 0.6) is 0 Å². The Morgan fingerprint density at radius 3 is 1.26 bits per heavy atom. The fourth-order valence-corrected chi connectivity index (χ4v) is 11.4. The Hall–Kier alpha value is -3.07. The fourth-order valence-electron chi connectivity index (χ4n) is 5.13. The molecule has 0 bridgehead atoms. The van der Waals surface area contributed by atoms with Crippen LogP contribution in [0.2, 0.25) is 0 Å². The van der Waals surface area contributed by atoms with E-state index in [2.05, 4.69) is 0 Å². The lowest BCUT2D eigenvalue weighted by Crippen LogP contribution is -2.54. The first-order chi connectivity index (χ1) is 20.4. The summed E-state index contributed by atoms with van der Waals surface area (Å²) in [6.07, 6.45) is 0. The highest BCUT2D eigenvalue weighted by molar-refractivity contribution is 8.33. The molecule has 0 aliphatic carbocycles. The number of hydrogen-bond acceptors (Lipinski definition) is 6. The summed E-state index contributed by atoms with van der Waals surface area (Å²) in [6, 6.07) is 23.7. The molecule has 0 saturated carbocycles. The van der Waals surface area contributed by atoms with Crippen LogP contribution < -0.4 is 0 Å². The average Bonchev–Trinajstić information content (AvgIpc) is 3.30. The van der Waals surface area contributed by atoms with Gasteiger partial charge < -0.3 is 0 Å². The van der Waals surface area contributed by atoms with Crippen LogP contribution >= 0.6 is 0 Å². The van der Waals surface area contributed by atoms with E-state index in [1.54, 1.807) is 60.7 Å². The molecule has 43 heavy (non-hydrogen) atoms. The fraction of sp³-hybridized carbons (Fsp3) is 0.200. The summed E-state index contributed by atoms with van der Waals surface area (Å²) >= 11 is 5.43. The predicted molar refractivity (Wildman–Crippen MR) is 164 cm³/mol. The molecular formula is C30H28F2N2O5S4. The topological polar surface area (TPSA) is 91.8 Å². The summed E-state index contributed by atoms with van der Waals surface area (Å²) < 4.78 is 100. The van der Waals surface area contributed by atoms with Gasteiger partial charge >= 0.3 is 0 Å². The molecule has 226 valence electrons. The Labute approximate surface area is 255 Å². The second-order valence-electron chi connectivity index (χ2n) is 10.2. The van der Waals surface area contributed by atoms with E-state index in [-0.39, 0.29) is 34.4 Å². The van der Waals surface area contributed by atoms with Gasteiger partial charge in [0.25, 0.3) is 0 Å². The maximum Gasteiger partial charge on any atom is 0.243 e. The molecule has 3 atom stereocenters. The van der Waals surface area contributed by atoms with Gasteiger partial charge in [0.05, 0.1) is 21.9 Å². The van der Waals surface area contributed by atoms with E-state index in [1.807, 2.05) is 0 Å². The van der Waals surface area contributed by atoms with Gasteiger partial charge in [0, 0.05) is 33.1 Å². The van der Waals surface area contributed by atoms with E-state index in [9.17, 15) is 29.8 Å². The lowest BCUT2D eigenvalue weighted by molar-refractivity contribution is 0.219. The lowest BCUT2D eigenvalue weighted by atomic mass is 10.1. The maximum absolute atomic E-state index is 14.2. The second-order valence-corrected chi connectivity index (χ2v) is 17.9. The standard InChI is InChI=1S/C30H28F2N2O5S4/c31-25-11-15-27(16-12-25)42(36,37)33(19-23-7-3-1-4-8-23)29-21-41(35,40)22-30(29)34(20-24-9-5-2-6-10-24)43(38,39)28-17-13-26(32)14-18-28/h1-18,29-30H,19-22H2/t29-,30+,41?. The van der Waals surface area contributed by atoms with Crippen molar-refractivity contribution in [1.29, 1.82) is 0 Å². The highest BCUT2D eigenvalue weighted by Crippen LogP contribution is 2.34. The quantitative estimate of drug-likeness (QED) is 0.248. The van der Waals surface area contributed by atoms with E-state index in [0.717, 1.165) is 57.1 Å². The summed E-state index contributed by atoms with van der Waals surface area (Å²) in [5.74, 6) is -1.80. The minimum absolute atomic E-state index is 0.178. The van der Waals surface area contributed by atoms with Gasteiger partial charge in [0.2, 0.25) is 20.0 Å². The van der Waals surface area contributed by atoms with E-state index in [0.29, 0.717) is 11.1 Å². The molecule has 4 aromatic rings. The third-order valence-electron chi connectivity index (χ3n) is 7.24. The van der Waals surface area contributed by atoms with Gasteiger partial charge in [-0.3, -0.25) is 4.21 Å². The number of benzene rings is 4. The summed E-state index contributed by atoms with van der Waals surface area (Å²) in [5, 5.41) is 0. The molecule has 13 heteroatoms. The van der Waals surface area contributed by atoms with Crippen molar-refractivity contribution in [2.75, 3.05) is 11.5 Å². The zero-order valence-corrected chi connectivity index (χ0v) is 26.0. The molecule has 1 unspecified atom stereocenters. The third kappa shape index (κ3) is 7.03. The van der Waals surface area contributed by atoms with E-state index in [1.165, 1.54) is 0 Å². The van der Waals surface area contributed by atoms with Crippen molar-refractivity contribution in [3.8, 4) is 0 Å². The minimum atomic E-state index is -4.38. The third-order valence-corrected chi connectivity index (χ3v) is 13.5. The molecule has 0 spiro atoms. The Morgan fingerprint density at radius 2 is 0.930 bits per heavy atom. The van der Waals surface area contributed by atoms with Gasteiger partial charge in [-0.1, -0.05) is 60.7 Å². The van der Waals surface area contributed by atoms with Gasteiger partial charge in [-0.15, -0.1) is 0 Å². The Morgan fingerprint density at radius 1 is 0.605 bits per heavy atom. The Bertz CT molecular complexity index is 1760. The summed E-state index contributed by atoms with van der Waals surface area (Å²) in [6.45, 7) is -0.356. The zero-order valence-electron chi connectivity index (χ0n) is 22.7. The van der Waals surface area contributed by atoms with E-state index in [4.69, 9.17) is 11.2 Å². The van der Waals surface area contributed by atoms with Crippen molar-refractivity contribution in [2.24, 2.45) is 0 Å². The largest absolute Gasteiger partial charge is 0.257 e. The SMILES string of the molecule is O=S(=O)(c1ccc(F)cc1)N(Cc1ccccc1)[C@@H]1CS(=O)(=S)C[C@@H]1N(Cc1ccccc1)S(=O)(=O)c1ccc(F)cc1. The Kier molecular flexibility index (Phi) is 9.12. The maximum atomic E-state index is 14.2. The predicted octanol–water partition coefficient (Wildman–Crippen LogP) is 4.54. The van der Waals surface area contributed by atoms with Crippen LogP contribution in [-0.2, 0) is 52.8 Å². The lowest BCUT2D eigenvalue weighted by Gasteiger charge is -2.37. The highest BCUT2D eigenvalue weighted by Gasteiger charge is 2.49. The minimum Gasteiger partial charge on any atom is -0.257 e. The zero-order chi connectivity index (χ0) is 30.8. The van der Waals surface area contributed by atoms with Crippen molar-refractivity contribution in [3.05, 3.63) is 132 Å². The van der Waals surface area contributed by atoms with Gasteiger partial charge in [0.1, 0.15) is 11.6 Å². The van der Waals surface area contributed by atoms with Crippen LogP contribution in [0.1, 0.15) is 11.1 Å². The second kappa shape index (κ2) is 12.5. The number of hydrogen-bond donors (Lipinski definition) is 0. The van der Waals surface area contributed by atoms with Crippen LogP contribution in [0.3, 0.4) is 0 Å². The molecular weight excluding hydrogens is 635 g/mol. The number of rotatable bonds is 10. The van der Waals surface area contributed by atoms with Crippen molar-refractivity contribution in [1.82, 2.24) is 8.61 Å². The first-order valence-corrected chi connectivity index (χ1v) is 18.9. The van der Waals surface area contributed by atoms with Crippen LogP contribution in [0.4, 0.5) is 8.78 Å². The van der Waals surface area contributed by atoms with Crippen LogP contribution in [0.25, 0.3) is 0 Å². The molecule has 7 nitrogen and oxygen atoms in total. The summed E-state index contributed by atoms with van der Waals surface area (Å²) in [7, 11) is -11.9. The van der Waals surface area contributed by atoms with Crippen LogP contribution in [0.15, 0.2) is 119 Å². The van der Waals surface area contributed by atoms with Gasteiger partial charge in [0.15, 0.2) is 0 Å². The van der Waals surface area contributed by atoms with Crippen LogP contribution in [-0.4, -0.2) is 53.2 Å². The molecule has 1 aliphatic heterocycles.